The molecule has 0 radical (unpaired) electrons. The number of carbonyl (C=O) groups excluding carboxylic acids is 1. The summed E-state index contributed by atoms with van der Waals surface area (Å²) in [4.78, 5) is 14.1. The normalized spacial score (nSPS) is 10.5. The average molecular weight is 351 g/mol. The van der Waals surface area contributed by atoms with Crippen LogP contribution in [-0.2, 0) is 6.54 Å². The first kappa shape index (κ1) is 17.7. The molecular formula is C20H21N3O3. The van der Waals surface area contributed by atoms with Crippen molar-refractivity contribution in [2.75, 3.05) is 13.7 Å². The number of rotatable bonds is 7. The predicted molar refractivity (Wildman–Crippen MR) is 97.8 cm³/mol. The van der Waals surface area contributed by atoms with Gasteiger partial charge >= 0.3 is 0 Å². The molecule has 0 fully saturated rings. The Kier molecular flexibility index (Phi) is 5.63. The summed E-state index contributed by atoms with van der Waals surface area (Å²) in [5.41, 5.74) is 1.43. The Morgan fingerprint density at radius 3 is 2.50 bits per heavy atom. The van der Waals surface area contributed by atoms with Gasteiger partial charge in [0.1, 0.15) is 5.75 Å². The van der Waals surface area contributed by atoms with E-state index in [4.69, 9.17) is 9.15 Å². The second-order valence-corrected chi connectivity index (χ2v) is 5.90. The number of aromatic nitrogens is 2. The monoisotopic (exact) mass is 351 g/mol. The van der Waals surface area contributed by atoms with Crippen molar-refractivity contribution in [2.24, 2.45) is 0 Å². The SMILES string of the molecule is CCCOc1ccc(C(=O)N(C)Cc2nnc(-c3ccccc3)o2)cc1. The summed E-state index contributed by atoms with van der Waals surface area (Å²) >= 11 is 0. The summed E-state index contributed by atoms with van der Waals surface area (Å²) in [5.74, 6) is 1.48. The topological polar surface area (TPSA) is 68.5 Å². The molecule has 0 spiro atoms. The molecule has 3 aromatic rings. The predicted octanol–water partition coefficient (Wildman–Crippen LogP) is 3.80. The quantitative estimate of drug-likeness (QED) is 0.648. The van der Waals surface area contributed by atoms with Gasteiger partial charge in [0.15, 0.2) is 0 Å². The Morgan fingerprint density at radius 2 is 1.81 bits per heavy atom. The smallest absolute Gasteiger partial charge is 0.254 e. The van der Waals surface area contributed by atoms with Gasteiger partial charge in [0, 0.05) is 18.2 Å². The number of carbonyl (C=O) groups is 1. The molecule has 0 unspecified atom stereocenters. The van der Waals surface area contributed by atoms with Crippen molar-refractivity contribution in [1.29, 1.82) is 0 Å². The van der Waals surface area contributed by atoms with E-state index in [1.807, 2.05) is 37.3 Å². The molecule has 0 saturated heterocycles. The van der Waals surface area contributed by atoms with Crippen LogP contribution in [0.25, 0.3) is 11.5 Å². The summed E-state index contributed by atoms with van der Waals surface area (Å²) in [6.45, 7) is 2.95. The molecule has 6 nitrogen and oxygen atoms in total. The van der Waals surface area contributed by atoms with Crippen molar-refractivity contribution >= 4 is 5.91 Å². The van der Waals surface area contributed by atoms with Crippen molar-refractivity contribution in [3.05, 3.63) is 66.1 Å². The van der Waals surface area contributed by atoms with Gasteiger partial charge in [-0.15, -0.1) is 10.2 Å². The van der Waals surface area contributed by atoms with E-state index in [2.05, 4.69) is 10.2 Å². The summed E-state index contributed by atoms with van der Waals surface area (Å²) in [7, 11) is 1.70. The van der Waals surface area contributed by atoms with Crippen molar-refractivity contribution in [3.8, 4) is 17.2 Å². The van der Waals surface area contributed by atoms with Gasteiger partial charge in [0.2, 0.25) is 11.8 Å². The Hall–Kier alpha value is -3.15. The minimum Gasteiger partial charge on any atom is -0.494 e. The summed E-state index contributed by atoms with van der Waals surface area (Å²) in [6, 6.07) is 16.6. The van der Waals surface area contributed by atoms with Gasteiger partial charge < -0.3 is 14.1 Å². The Morgan fingerprint density at radius 1 is 1.08 bits per heavy atom. The lowest BCUT2D eigenvalue weighted by molar-refractivity contribution is 0.0773. The zero-order chi connectivity index (χ0) is 18.4. The van der Waals surface area contributed by atoms with Crippen LogP contribution in [0.2, 0.25) is 0 Å². The largest absolute Gasteiger partial charge is 0.494 e. The fourth-order valence-electron chi connectivity index (χ4n) is 2.42. The minimum absolute atomic E-state index is 0.119. The molecule has 0 aliphatic rings. The molecular weight excluding hydrogens is 330 g/mol. The Labute approximate surface area is 152 Å². The maximum Gasteiger partial charge on any atom is 0.254 e. The average Bonchev–Trinajstić information content (AvgIpc) is 3.15. The minimum atomic E-state index is -0.119. The zero-order valence-corrected chi connectivity index (χ0v) is 14.9. The lowest BCUT2D eigenvalue weighted by Crippen LogP contribution is -2.26. The van der Waals surface area contributed by atoms with Crippen LogP contribution in [0, 0.1) is 0 Å². The molecule has 0 atom stereocenters. The number of benzene rings is 2. The van der Waals surface area contributed by atoms with E-state index in [0.29, 0.717) is 24.0 Å². The summed E-state index contributed by atoms with van der Waals surface area (Å²) < 4.78 is 11.2. The number of amides is 1. The van der Waals surface area contributed by atoms with Crippen molar-refractivity contribution in [3.63, 3.8) is 0 Å². The third-order valence-corrected chi connectivity index (χ3v) is 3.78. The van der Waals surface area contributed by atoms with E-state index in [9.17, 15) is 4.79 Å². The highest BCUT2D eigenvalue weighted by Crippen LogP contribution is 2.18. The number of hydrogen-bond acceptors (Lipinski definition) is 5. The summed E-state index contributed by atoms with van der Waals surface area (Å²) in [5, 5.41) is 8.07. The molecule has 6 heteroatoms. The van der Waals surface area contributed by atoms with Gasteiger partial charge in [0.25, 0.3) is 5.91 Å². The molecule has 26 heavy (non-hydrogen) atoms. The van der Waals surface area contributed by atoms with Gasteiger partial charge in [-0.3, -0.25) is 4.79 Å². The van der Waals surface area contributed by atoms with Gasteiger partial charge in [-0.2, -0.15) is 0 Å². The van der Waals surface area contributed by atoms with Gasteiger partial charge in [-0.1, -0.05) is 25.1 Å². The molecule has 1 heterocycles. The first-order chi connectivity index (χ1) is 12.7. The van der Waals surface area contributed by atoms with Crippen LogP contribution in [0.5, 0.6) is 5.75 Å². The van der Waals surface area contributed by atoms with Crippen LogP contribution in [0.1, 0.15) is 29.6 Å². The van der Waals surface area contributed by atoms with Crippen molar-refractivity contribution in [2.45, 2.75) is 19.9 Å². The molecule has 134 valence electrons. The molecule has 0 aliphatic heterocycles. The Balaban J connectivity index is 1.63. The van der Waals surface area contributed by atoms with Gasteiger partial charge in [-0.25, -0.2) is 0 Å². The van der Waals surface area contributed by atoms with E-state index >= 15 is 0 Å². The van der Waals surface area contributed by atoms with Crippen LogP contribution >= 0.6 is 0 Å². The number of nitrogens with zero attached hydrogens (tertiary/aromatic N) is 3. The fraction of sp³-hybridized carbons (Fsp3) is 0.250. The standard InChI is InChI=1S/C20H21N3O3/c1-3-13-25-17-11-9-16(10-12-17)20(24)23(2)14-18-21-22-19(26-18)15-7-5-4-6-8-15/h4-12H,3,13-14H2,1-2H3. The maximum atomic E-state index is 12.5. The first-order valence-electron chi connectivity index (χ1n) is 8.53. The van der Waals surface area contributed by atoms with Crippen LogP contribution < -0.4 is 4.74 Å². The molecule has 2 aromatic carbocycles. The van der Waals surface area contributed by atoms with E-state index in [1.165, 1.54) is 0 Å². The van der Waals surface area contributed by atoms with E-state index < -0.39 is 0 Å². The first-order valence-corrected chi connectivity index (χ1v) is 8.53. The van der Waals surface area contributed by atoms with Crippen LogP contribution in [0.3, 0.4) is 0 Å². The fourth-order valence-corrected chi connectivity index (χ4v) is 2.42. The van der Waals surface area contributed by atoms with Crippen molar-refractivity contribution in [1.82, 2.24) is 15.1 Å². The molecule has 0 bridgehead atoms. The van der Waals surface area contributed by atoms with Gasteiger partial charge in [-0.05, 0) is 42.8 Å². The highest BCUT2D eigenvalue weighted by Gasteiger charge is 2.16. The second kappa shape index (κ2) is 8.29. The lowest BCUT2D eigenvalue weighted by atomic mass is 10.2. The molecule has 0 saturated carbocycles. The van der Waals surface area contributed by atoms with Crippen LogP contribution in [-0.4, -0.2) is 34.7 Å². The maximum absolute atomic E-state index is 12.5. The highest BCUT2D eigenvalue weighted by molar-refractivity contribution is 5.94. The summed E-state index contributed by atoms with van der Waals surface area (Å²) in [6.07, 6.45) is 0.943. The molecule has 3 rings (SSSR count). The van der Waals surface area contributed by atoms with E-state index in [1.54, 1.807) is 36.2 Å². The molecule has 1 amide bonds. The van der Waals surface area contributed by atoms with Crippen LogP contribution in [0.4, 0.5) is 0 Å². The lowest BCUT2D eigenvalue weighted by Gasteiger charge is -2.15. The van der Waals surface area contributed by atoms with Crippen molar-refractivity contribution < 1.29 is 13.9 Å². The number of ether oxygens (including phenoxy) is 1. The molecule has 0 N–H and O–H groups in total. The third kappa shape index (κ3) is 4.27. The van der Waals surface area contributed by atoms with E-state index in [0.717, 1.165) is 17.7 Å². The van der Waals surface area contributed by atoms with E-state index in [-0.39, 0.29) is 12.5 Å². The zero-order valence-electron chi connectivity index (χ0n) is 14.9. The molecule has 0 aliphatic carbocycles. The van der Waals surface area contributed by atoms with Crippen LogP contribution in [0.15, 0.2) is 59.0 Å². The molecule has 1 aromatic heterocycles. The highest BCUT2D eigenvalue weighted by atomic mass is 16.5. The number of hydrogen-bond donors (Lipinski definition) is 0. The second-order valence-electron chi connectivity index (χ2n) is 5.90. The van der Waals surface area contributed by atoms with Gasteiger partial charge in [0.05, 0.1) is 13.2 Å². The third-order valence-electron chi connectivity index (χ3n) is 3.78. The Bertz CT molecular complexity index is 844.